The fourth-order valence-corrected chi connectivity index (χ4v) is 18.2. The molecular weight excluding hydrogens is 1230 g/mol. The van der Waals surface area contributed by atoms with Gasteiger partial charge in [-0.2, -0.15) is 18.3 Å². The number of pyridine rings is 4. The normalized spacial score (nSPS) is 16.5. The van der Waals surface area contributed by atoms with Gasteiger partial charge < -0.3 is 0 Å². The van der Waals surface area contributed by atoms with E-state index in [0.717, 1.165) is 56.6 Å². The highest BCUT2D eigenvalue weighted by molar-refractivity contribution is 5.85. The van der Waals surface area contributed by atoms with Gasteiger partial charge in [0.1, 0.15) is 28.2 Å². The van der Waals surface area contributed by atoms with Gasteiger partial charge in [-0.25, -0.2) is 0 Å². The maximum atomic E-state index is 7.92. The lowest BCUT2D eigenvalue weighted by molar-refractivity contribution is -0.633. The summed E-state index contributed by atoms with van der Waals surface area (Å²) in [4.78, 5) is 0. The number of rotatable bonds is 8. The lowest BCUT2D eigenvalue weighted by Gasteiger charge is -2.23. The van der Waals surface area contributed by atoms with Crippen LogP contribution in [0.15, 0.2) is 170 Å². The van der Waals surface area contributed by atoms with E-state index in [-0.39, 0.29) is 0 Å². The molecule has 4 aromatic heterocycles. The van der Waals surface area contributed by atoms with Crippen molar-refractivity contribution in [3.8, 4) is 45.0 Å². The van der Waals surface area contributed by atoms with Crippen molar-refractivity contribution in [3.63, 3.8) is 0 Å². The van der Waals surface area contributed by atoms with Crippen LogP contribution in [-0.4, -0.2) is 0 Å². The summed E-state index contributed by atoms with van der Waals surface area (Å²) in [7, 11) is 8.62. The van der Waals surface area contributed by atoms with E-state index in [0.29, 0.717) is 23.0 Å². The molecule has 8 aromatic carbocycles. The third-order valence-electron chi connectivity index (χ3n) is 24.5. The van der Waals surface area contributed by atoms with Crippen LogP contribution in [0.2, 0.25) is 0 Å². The highest BCUT2D eigenvalue weighted by Gasteiger charge is 2.28. The second-order valence-corrected chi connectivity index (χ2v) is 31.4. The SMILES string of the molecule is Cc1cc(C)c(C)c(-c2ccc3c(C4CCCC4)cccc3[n+]2C)c1.Cc1cc(C)c(C)c(-c2ccc3c(C4CCCCC4)cccc3[n+]2C)c1.[2H]C([2H])([2H])c1cc(C)cc(-c2ccc3ccc(C4CCCC4)cc3[n+]2C)c1C.[2H]C([2H])([2H])c1cc(C)cc(-c2ccc3ccc(C4CCCCC4)cc3[n+]2C)c1C. The van der Waals surface area contributed by atoms with Crippen LogP contribution < -0.4 is 18.3 Å². The Morgan fingerprint density at radius 1 is 0.275 bits per heavy atom. The van der Waals surface area contributed by atoms with Crippen LogP contribution >= 0.6 is 0 Å². The van der Waals surface area contributed by atoms with Gasteiger partial charge in [0.05, 0.1) is 0 Å². The van der Waals surface area contributed by atoms with Crippen molar-refractivity contribution < 1.29 is 26.5 Å². The molecule has 0 atom stereocenters. The average molecular weight is 1360 g/mol. The average Bonchev–Trinajstić information content (AvgIpc) is 1.66. The van der Waals surface area contributed by atoms with Crippen LogP contribution in [0.5, 0.6) is 0 Å². The van der Waals surface area contributed by atoms with Crippen molar-refractivity contribution in [2.45, 2.75) is 222 Å². The molecule has 12 aromatic rings. The molecule has 4 heterocycles. The lowest BCUT2D eigenvalue weighted by Crippen LogP contribution is -2.32. The molecule has 4 saturated carbocycles. The Labute approximate surface area is 621 Å². The van der Waals surface area contributed by atoms with E-state index in [9.17, 15) is 0 Å². The monoisotopic (exact) mass is 1350 g/mol. The van der Waals surface area contributed by atoms with E-state index in [1.165, 1.54) is 226 Å². The lowest BCUT2D eigenvalue weighted by atomic mass is 9.82. The maximum Gasteiger partial charge on any atom is 0.213 e. The van der Waals surface area contributed by atoms with Crippen LogP contribution in [0.3, 0.4) is 0 Å². The molecule has 0 amide bonds. The predicted octanol–water partition coefficient (Wildman–Crippen LogP) is 24.4. The zero-order chi connectivity index (χ0) is 76.6. The van der Waals surface area contributed by atoms with Crippen molar-refractivity contribution in [1.29, 1.82) is 0 Å². The minimum atomic E-state index is -2.10. The Balaban J connectivity index is 0.000000127. The molecule has 0 aliphatic heterocycles. The van der Waals surface area contributed by atoms with E-state index >= 15 is 0 Å². The molecule has 0 spiro atoms. The largest absolute Gasteiger partial charge is 0.213 e. The Morgan fingerprint density at radius 2 is 0.559 bits per heavy atom. The number of hydrogen-bond donors (Lipinski definition) is 0. The number of benzene rings is 8. The number of nitrogens with zero attached hydrogens (tertiary/aromatic N) is 4. The number of fused-ring (bicyclic) bond motifs is 4. The van der Waals surface area contributed by atoms with E-state index in [1.54, 1.807) is 23.3 Å². The summed E-state index contributed by atoms with van der Waals surface area (Å²) in [5.74, 6) is 2.83. The first-order valence-corrected chi connectivity index (χ1v) is 38.7. The molecule has 0 saturated heterocycles. The van der Waals surface area contributed by atoms with Crippen molar-refractivity contribution in [1.82, 2.24) is 0 Å². The summed E-state index contributed by atoms with van der Waals surface area (Å²) in [5, 5.41) is 5.31. The fourth-order valence-electron chi connectivity index (χ4n) is 18.2. The maximum absolute atomic E-state index is 7.92. The summed E-state index contributed by atoms with van der Waals surface area (Å²) in [6, 6.07) is 62.4. The van der Waals surface area contributed by atoms with Crippen molar-refractivity contribution in [2.75, 3.05) is 0 Å². The summed E-state index contributed by atoms with van der Waals surface area (Å²) in [5.41, 5.74) is 33.2. The number of hydrogen-bond acceptors (Lipinski definition) is 0. The molecule has 0 radical (unpaired) electrons. The van der Waals surface area contributed by atoms with Crippen LogP contribution in [0.25, 0.3) is 88.6 Å². The minimum absolute atomic E-state index is 0.447. The Bertz CT molecular complexity index is 5340. The van der Waals surface area contributed by atoms with E-state index in [4.69, 9.17) is 8.22 Å². The van der Waals surface area contributed by atoms with Crippen molar-refractivity contribution in [2.24, 2.45) is 28.2 Å². The van der Waals surface area contributed by atoms with Gasteiger partial charge >= 0.3 is 0 Å². The highest BCUT2D eigenvalue weighted by Crippen LogP contribution is 2.41. The van der Waals surface area contributed by atoms with Gasteiger partial charge in [0.2, 0.25) is 44.8 Å². The Hall–Kier alpha value is -8.60. The molecule has 4 fully saturated rings. The first-order chi connectivity index (χ1) is 51.6. The second kappa shape index (κ2) is 31.2. The first kappa shape index (κ1) is 64.3. The second-order valence-electron chi connectivity index (χ2n) is 31.4. The molecule has 524 valence electrons. The summed E-state index contributed by atoms with van der Waals surface area (Å²) >= 11 is 0. The Morgan fingerprint density at radius 3 is 0.902 bits per heavy atom. The third-order valence-corrected chi connectivity index (χ3v) is 24.5. The van der Waals surface area contributed by atoms with Crippen molar-refractivity contribution in [3.05, 3.63) is 259 Å². The fraction of sp³-hybridized carbons (Fsp3) is 0.388. The smallest absolute Gasteiger partial charge is 0.194 e. The quantitative estimate of drug-likeness (QED) is 0.135. The molecule has 0 bridgehead atoms. The molecule has 0 N–H and O–H groups in total. The standard InChI is InChI=1S/2C25H30N.2C24H28N/c1-17-15-18(2)19(3)23(16-17)25-14-13-22-21(20-9-6-5-7-10-20)11-8-12-24(22)26(25)4;1-17-14-18(2)19(3)23(15-17)24-13-12-21-10-11-22(16-25(21)26(24)4)20-8-6-5-7-9-20;1-16-14-17(2)18(3)22(15-16)24-13-12-21-20(19-8-5-6-9-19)10-7-11-23(21)25(24)4;1-16-13-17(2)18(3)22(14-16)23-12-11-20-9-10-21(15-24(20)25(23)4)19-7-5-6-8-19/h8,11-16,20H,5-7,9-10H2,1-4H3;10-16,20H,5-9H2,1-4H3;7,10-15,19H,5-6,8-9H2,1-4H3;9-15,19H,5-8H2,1-4H3/q4*+1/i;2D3;;2D3. The van der Waals surface area contributed by atoms with Gasteiger partial charge in [0.25, 0.3) is 0 Å². The van der Waals surface area contributed by atoms with Crippen LogP contribution in [0, 0.1) is 82.9 Å². The zero-order valence-corrected chi connectivity index (χ0v) is 64.0. The van der Waals surface area contributed by atoms with E-state index in [2.05, 4.69) is 246 Å². The van der Waals surface area contributed by atoms with Gasteiger partial charge in [-0.05, 0) is 285 Å². The van der Waals surface area contributed by atoms with Gasteiger partial charge in [-0.15, -0.1) is 0 Å². The van der Waals surface area contributed by atoms with E-state index < -0.39 is 13.7 Å². The highest BCUT2D eigenvalue weighted by atomic mass is 15.0. The molecule has 16 rings (SSSR count). The van der Waals surface area contributed by atoms with Gasteiger partial charge in [-0.1, -0.05) is 147 Å². The van der Waals surface area contributed by atoms with Crippen LogP contribution in [0.1, 0.15) is 236 Å². The third kappa shape index (κ3) is 15.0. The summed E-state index contributed by atoms with van der Waals surface area (Å²) in [6.07, 6.45) is 24.1. The first-order valence-electron chi connectivity index (χ1n) is 41.7. The number of aromatic nitrogens is 4. The molecular formula is C98H116N4+4. The summed E-state index contributed by atoms with van der Waals surface area (Å²) < 4.78 is 56.7. The van der Waals surface area contributed by atoms with Crippen molar-refractivity contribution >= 4 is 43.6 Å². The minimum Gasteiger partial charge on any atom is -0.194 e. The van der Waals surface area contributed by atoms with Crippen LogP contribution in [0.4, 0.5) is 0 Å². The predicted molar refractivity (Wildman–Crippen MR) is 433 cm³/mol. The molecule has 4 heteroatoms. The molecule has 4 nitrogen and oxygen atoms in total. The number of aryl methyl sites for hydroxylation is 12. The molecule has 4 aliphatic carbocycles. The van der Waals surface area contributed by atoms with Gasteiger partial charge in [0, 0.05) is 101 Å². The van der Waals surface area contributed by atoms with Gasteiger partial charge in [0.15, 0.2) is 0 Å². The molecule has 4 aliphatic rings. The molecule has 0 unspecified atom stereocenters. The van der Waals surface area contributed by atoms with Crippen LogP contribution in [-0.2, 0) is 28.2 Å². The Kier molecular flexibility index (Phi) is 19.6. The zero-order valence-electron chi connectivity index (χ0n) is 70.0. The summed E-state index contributed by atoms with van der Waals surface area (Å²) in [6.45, 7) is 16.9. The van der Waals surface area contributed by atoms with Gasteiger partial charge in [-0.3, -0.25) is 0 Å². The topological polar surface area (TPSA) is 15.5 Å². The molecule has 102 heavy (non-hydrogen) atoms. The van der Waals surface area contributed by atoms with E-state index in [1.807, 2.05) is 27.7 Å².